The molecule has 0 unspecified atom stereocenters. The zero-order valence-electron chi connectivity index (χ0n) is 33.6. The summed E-state index contributed by atoms with van der Waals surface area (Å²) >= 11 is 1.25. The van der Waals surface area contributed by atoms with Crippen LogP contribution < -0.4 is 0 Å². The van der Waals surface area contributed by atoms with Gasteiger partial charge in [-0.15, -0.1) is 0 Å². The second-order valence-corrected chi connectivity index (χ2v) is 16.5. The molecule has 0 amide bonds. The zero-order chi connectivity index (χ0) is 41.4. The fourth-order valence-electron chi connectivity index (χ4n) is 9.36. The molecule has 63 heavy (non-hydrogen) atoms. The van der Waals surface area contributed by atoms with Crippen LogP contribution in [0.1, 0.15) is 0 Å². The minimum absolute atomic E-state index is 0.616. The van der Waals surface area contributed by atoms with E-state index in [2.05, 4.69) is 186 Å². The number of rotatable bonds is 5. The highest BCUT2D eigenvalue weighted by Gasteiger charge is 2.19. The molecule has 3 heterocycles. The first-order valence-electron chi connectivity index (χ1n) is 20.9. The van der Waals surface area contributed by atoms with Crippen molar-refractivity contribution in [2.75, 3.05) is 0 Å². The van der Waals surface area contributed by atoms with Crippen LogP contribution in [0.3, 0.4) is 0 Å². The van der Waals surface area contributed by atoms with Crippen LogP contribution in [0.25, 0.3) is 132 Å². The third-order valence-electron chi connectivity index (χ3n) is 12.4. The van der Waals surface area contributed by atoms with Crippen molar-refractivity contribution in [1.29, 1.82) is 0 Å². The number of fused-ring (bicyclic) bond motifs is 11. The first-order chi connectivity index (χ1) is 31.2. The van der Waals surface area contributed by atoms with Crippen molar-refractivity contribution < 1.29 is 0 Å². The molecule has 7 heteroatoms. The molecule has 13 aromatic rings. The average Bonchev–Trinajstić information content (AvgIpc) is 3.85. The highest BCUT2D eigenvalue weighted by Crippen LogP contribution is 2.40. The van der Waals surface area contributed by atoms with Crippen molar-refractivity contribution in [2.24, 2.45) is 0 Å². The Bertz CT molecular complexity index is 3830. The maximum Gasteiger partial charge on any atom is 0.164 e. The summed E-state index contributed by atoms with van der Waals surface area (Å²) in [5.41, 5.74) is 9.77. The highest BCUT2D eigenvalue weighted by molar-refractivity contribution is 7.00. The fraction of sp³-hybridized carbons (Fsp3) is 0. The molecule has 0 radical (unpaired) electrons. The summed E-state index contributed by atoms with van der Waals surface area (Å²) in [4.78, 5) is 21.0. The molecule has 0 aliphatic rings. The van der Waals surface area contributed by atoms with Gasteiger partial charge in [0.2, 0.25) is 0 Å². The van der Waals surface area contributed by atoms with Crippen LogP contribution in [0.2, 0.25) is 0 Å². The summed E-state index contributed by atoms with van der Waals surface area (Å²) in [6.07, 6.45) is 0. The van der Waals surface area contributed by atoms with Gasteiger partial charge in [0.1, 0.15) is 11.0 Å². The SMILES string of the molecule is c1ccc2c(c1)cc(-c1nc(-c3ccc(-c4ccc(-c5nc6ccccc6c6c5ccc5nsnc56)cc4)cc3)nc(-c3cc4ccccc4c4ccccc34)n1)c1ccccc12. The molecular weight excluding hydrogens is 789 g/mol. The van der Waals surface area contributed by atoms with E-state index in [1.54, 1.807) is 0 Å². The lowest BCUT2D eigenvalue weighted by Gasteiger charge is -2.14. The molecule has 3 aromatic heterocycles. The molecule has 0 bridgehead atoms. The van der Waals surface area contributed by atoms with Crippen molar-refractivity contribution in [3.8, 4) is 56.5 Å². The molecule has 0 fully saturated rings. The van der Waals surface area contributed by atoms with E-state index in [0.717, 1.165) is 93.3 Å². The lowest BCUT2D eigenvalue weighted by Crippen LogP contribution is -2.01. The summed E-state index contributed by atoms with van der Waals surface area (Å²) in [5, 5.41) is 12.4. The molecule has 0 spiro atoms. The van der Waals surface area contributed by atoms with Gasteiger partial charge in [-0.25, -0.2) is 19.9 Å². The first-order valence-corrected chi connectivity index (χ1v) is 21.7. The van der Waals surface area contributed by atoms with Gasteiger partial charge in [-0.05, 0) is 84.5 Å². The van der Waals surface area contributed by atoms with Gasteiger partial charge in [-0.3, -0.25) is 0 Å². The number of pyridine rings is 1. The number of hydrogen-bond acceptors (Lipinski definition) is 7. The van der Waals surface area contributed by atoms with Gasteiger partial charge in [0.15, 0.2) is 17.5 Å². The number of para-hydroxylation sites is 1. The molecule has 0 aliphatic heterocycles. The predicted molar refractivity (Wildman–Crippen MR) is 261 cm³/mol. The van der Waals surface area contributed by atoms with E-state index >= 15 is 0 Å². The van der Waals surface area contributed by atoms with E-state index in [1.807, 2.05) is 12.1 Å². The van der Waals surface area contributed by atoms with Crippen molar-refractivity contribution in [1.82, 2.24) is 28.7 Å². The van der Waals surface area contributed by atoms with Crippen molar-refractivity contribution in [3.63, 3.8) is 0 Å². The Morgan fingerprint density at radius 3 is 1.38 bits per heavy atom. The van der Waals surface area contributed by atoms with Gasteiger partial charge in [0, 0.05) is 38.4 Å². The number of nitrogens with zero attached hydrogens (tertiary/aromatic N) is 6. The Kier molecular flexibility index (Phi) is 7.98. The van der Waals surface area contributed by atoms with Gasteiger partial charge in [0.25, 0.3) is 0 Å². The van der Waals surface area contributed by atoms with E-state index in [9.17, 15) is 0 Å². The average molecular weight is 821 g/mol. The monoisotopic (exact) mass is 820 g/mol. The van der Waals surface area contributed by atoms with Crippen LogP contribution in [0.15, 0.2) is 194 Å². The Morgan fingerprint density at radius 1 is 0.302 bits per heavy atom. The summed E-state index contributed by atoms with van der Waals surface area (Å²) in [6, 6.07) is 68.2. The summed E-state index contributed by atoms with van der Waals surface area (Å²) in [5.74, 6) is 1.89. The largest absolute Gasteiger partial charge is 0.247 e. The maximum atomic E-state index is 5.33. The molecule has 6 nitrogen and oxygen atoms in total. The van der Waals surface area contributed by atoms with Crippen molar-refractivity contribution in [3.05, 3.63) is 194 Å². The third kappa shape index (κ3) is 5.78. The second kappa shape index (κ2) is 14.2. The standard InChI is InChI=1S/C56H32N6S/c1-3-13-39-37(11-1)31-47(43-17-7-5-15-41(39)43)55-58-54(59-56(60-55)48-32-38-12-2-4-14-40(38)42-16-6-8-18-44(42)48)36-27-23-34(24-28-36)33-21-25-35(26-22-33)52-46-29-30-50-53(62-63-61-50)51(46)45-19-9-10-20-49(45)57-52/h1-32H. The molecule has 13 rings (SSSR count). The smallest absolute Gasteiger partial charge is 0.164 e. The van der Waals surface area contributed by atoms with Crippen LogP contribution in [0.5, 0.6) is 0 Å². The maximum absolute atomic E-state index is 5.33. The van der Waals surface area contributed by atoms with Gasteiger partial charge in [-0.2, -0.15) is 8.75 Å². The summed E-state index contributed by atoms with van der Waals surface area (Å²) in [7, 11) is 0. The predicted octanol–water partition coefficient (Wildman–Crippen LogP) is 14.5. The van der Waals surface area contributed by atoms with Gasteiger partial charge in [0.05, 0.1) is 22.9 Å². The van der Waals surface area contributed by atoms with Gasteiger partial charge in [-0.1, -0.05) is 164 Å². The van der Waals surface area contributed by atoms with Crippen molar-refractivity contribution >= 4 is 87.5 Å². The van der Waals surface area contributed by atoms with E-state index in [-0.39, 0.29) is 0 Å². The third-order valence-corrected chi connectivity index (χ3v) is 12.9. The molecule has 0 aliphatic carbocycles. The van der Waals surface area contributed by atoms with Crippen molar-refractivity contribution in [2.45, 2.75) is 0 Å². The number of hydrogen-bond donors (Lipinski definition) is 0. The van der Waals surface area contributed by atoms with E-state index in [1.165, 1.54) is 33.3 Å². The normalized spacial score (nSPS) is 11.8. The van der Waals surface area contributed by atoms with E-state index in [0.29, 0.717) is 17.5 Å². The fourth-order valence-corrected chi connectivity index (χ4v) is 9.90. The Labute approximate surface area is 365 Å². The second-order valence-electron chi connectivity index (χ2n) is 15.9. The summed E-state index contributed by atoms with van der Waals surface area (Å²) < 4.78 is 9.22. The van der Waals surface area contributed by atoms with Gasteiger partial charge < -0.3 is 0 Å². The lowest BCUT2D eigenvalue weighted by molar-refractivity contribution is 1.08. The van der Waals surface area contributed by atoms with Crippen LogP contribution in [-0.4, -0.2) is 28.7 Å². The van der Waals surface area contributed by atoms with Crippen LogP contribution >= 0.6 is 11.7 Å². The first kappa shape index (κ1) is 35.5. The molecule has 0 saturated heterocycles. The quantitative estimate of drug-likeness (QED) is 0.161. The molecule has 0 N–H and O–H groups in total. The minimum Gasteiger partial charge on any atom is -0.247 e. The molecule has 0 atom stereocenters. The number of benzene rings is 10. The Balaban J connectivity index is 0.938. The molecular formula is C56H32N6S. The zero-order valence-corrected chi connectivity index (χ0v) is 34.4. The molecule has 10 aromatic carbocycles. The topological polar surface area (TPSA) is 77.3 Å². The number of aromatic nitrogens is 6. The lowest BCUT2D eigenvalue weighted by atomic mass is 9.96. The Morgan fingerprint density at radius 2 is 0.778 bits per heavy atom. The minimum atomic E-state index is 0.616. The highest BCUT2D eigenvalue weighted by atomic mass is 32.1. The summed E-state index contributed by atoms with van der Waals surface area (Å²) in [6.45, 7) is 0. The van der Waals surface area contributed by atoms with Crippen LogP contribution in [0.4, 0.5) is 0 Å². The Hall–Kier alpha value is -8.26. The van der Waals surface area contributed by atoms with E-state index in [4.69, 9.17) is 24.3 Å². The van der Waals surface area contributed by atoms with Gasteiger partial charge >= 0.3 is 0 Å². The van der Waals surface area contributed by atoms with Crippen LogP contribution in [0, 0.1) is 0 Å². The molecule has 0 saturated carbocycles. The van der Waals surface area contributed by atoms with E-state index < -0.39 is 0 Å². The molecule has 292 valence electrons. The van der Waals surface area contributed by atoms with Crippen LogP contribution in [-0.2, 0) is 0 Å².